The Hall–Kier alpha value is -2.04. The van der Waals surface area contributed by atoms with Crippen LogP contribution in [-0.2, 0) is 4.79 Å². The second-order valence-electron chi connectivity index (χ2n) is 9.50. The molecule has 1 aromatic rings. The Balaban J connectivity index is 1.41. The molecule has 0 aromatic heterocycles. The topological polar surface area (TPSA) is 26.3 Å². The summed E-state index contributed by atoms with van der Waals surface area (Å²) < 4.78 is 43.8. The van der Waals surface area contributed by atoms with Gasteiger partial charge in [0.2, 0.25) is 0 Å². The first-order valence-corrected chi connectivity index (χ1v) is 12.1. The van der Waals surface area contributed by atoms with Crippen LogP contribution in [0.4, 0.5) is 13.2 Å². The standard InChI is InChI=1S/C27H35F3O2/c1-2-19-6-8-20(9-7-19)10-11-21-12-14-22(15-13-21)24-17-16-23(18-25(24)28)32-27(31)5-3-4-26(29)30/h2,4,16-22H,1,3,5-15H2. The number of halogens is 3. The number of rotatable bonds is 9. The van der Waals surface area contributed by atoms with E-state index in [-0.39, 0.29) is 30.3 Å². The summed E-state index contributed by atoms with van der Waals surface area (Å²) in [6.45, 7) is 3.93. The van der Waals surface area contributed by atoms with Gasteiger partial charge in [0.25, 0.3) is 6.08 Å². The van der Waals surface area contributed by atoms with E-state index in [1.165, 1.54) is 44.6 Å². The lowest BCUT2D eigenvalue weighted by atomic mass is 9.74. The molecule has 176 valence electrons. The molecular formula is C27H35F3O2. The fourth-order valence-electron chi connectivity index (χ4n) is 5.33. The van der Waals surface area contributed by atoms with Crippen LogP contribution in [0.15, 0.2) is 43.0 Å². The van der Waals surface area contributed by atoms with E-state index < -0.39 is 12.0 Å². The molecule has 0 spiro atoms. The Labute approximate surface area is 189 Å². The van der Waals surface area contributed by atoms with Crippen molar-refractivity contribution in [3.8, 4) is 5.75 Å². The summed E-state index contributed by atoms with van der Waals surface area (Å²) >= 11 is 0. The predicted octanol–water partition coefficient (Wildman–Crippen LogP) is 8.34. The molecule has 0 unspecified atom stereocenters. The third kappa shape index (κ3) is 7.53. The third-order valence-corrected chi connectivity index (χ3v) is 7.35. The van der Waals surface area contributed by atoms with Crippen molar-refractivity contribution in [1.29, 1.82) is 0 Å². The zero-order valence-electron chi connectivity index (χ0n) is 18.8. The van der Waals surface area contributed by atoms with Crippen LogP contribution < -0.4 is 4.74 Å². The summed E-state index contributed by atoms with van der Waals surface area (Å²) in [6.07, 6.45) is 12.8. The Morgan fingerprint density at radius 2 is 1.62 bits per heavy atom. The number of hydrogen-bond donors (Lipinski definition) is 0. The Bertz CT molecular complexity index is 784. The number of hydrogen-bond acceptors (Lipinski definition) is 2. The molecule has 0 N–H and O–H groups in total. The van der Waals surface area contributed by atoms with E-state index in [0.717, 1.165) is 43.4 Å². The van der Waals surface area contributed by atoms with Gasteiger partial charge in [-0.3, -0.25) is 4.79 Å². The molecule has 0 amide bonds. The van der Waals surface area contributed by atoms with Gasteiger partial charge < -0.3 is 4.74 Å². The van der Waals surface area contributed by atoms with Gasteiger partial charge in [-0.05, 0) is 99.2 Å². The highest BCUT2D eigenvalue weighted by atomic mass is 19.3. The minimum Gasteiger partial charge on any atom is -0.426 e. The Morgan fingerprint density at radius 3 is 2.19 bits per heavy atom. The highest BCUT2D eigenvalue weighted by molar-refractivity contribution is 5.72. The van der Waals surface area contributed by atoms with Crippen LogP contribution in [0.1, 0.15) is 88.5 Å². The van der Waals surface area contributed by atoms with Crippen molar-refractivity contribution in [3.63, 3.8) is 0 Å². The van der Waals surface area contributed by atoms with Crippen LogP contribution in [0.3, 0.4) is 0 Å². The SMILES string of the molecule is C=CC1CCC(CCC2CCC(c3ccc(OC(=O)CCC=C(F)F)cc3F)CC2)CC1. The molecular weight excluding hydrogens is 413 g/mol. The molecule has 0 aliphatic heterocycles. The number of carbonyl (C=O) groups excluding carboxylic acids is 1. The molecule has 2 nitrogen and oxygen atoms in total. The second kappa shape index (κ2) is 12.3. The number of carbonyl (C=O) groups is 1. The lowest BCUT2D eigenvalue weighted by Gasteiger charge is -2.31. The maximum Gasteiger partial charge on any atom is 0.311 e. The van der Waals surface area contributed by atoms with Crippen molar-refractivity contribution < 1.29 is 22.7 Å². The molecule has 5 heteroatoms. The molecule has 0 bridgehead atoms. The first-order valence-electron chi connectivity index (χ1n) is 12.1. The van der Waals surface area contributed by atoms with Crippen molar-refractivity contribution >= 4 is 5.97 Å². The molecule has 2 aliphatic rings. The second-order valence-corrected chi connectivity index (χ2v) is 9.50. The highest BCUT2D eigenvalue weighted by Crippen LogP contribution is 2.41. The van der Waals surface area contributed by atoms with Crippen LogP contribution in [0.25, 0.3) is 0 Å². The van der Waals surface area contributed by atoms with Crippen molar-refractivity contribution in [1.82, 2.24) is 0 Å². The minimum atomic E-state index is -1.82. The third-order valence-electron chi connectivity index (χ3n) is 7.35. The average molecular weight is 449 g/mol. The van der Waals surface area contributed by atoms with E-state index in [0.29, 0.717) is 11.6 Å². The molecule has 0 atom stereocenters. The van der Waals surface area contributed by atoms with Crippen LogP contribution in [0, 0.1) is 23.6 Å². The summed E-state index contributed by atoms with van der Waals surface area (Å²) in [5.74, 6) is 1.66. The van der Waals surface area contributed by atoms with Gasteiger partial charge >= 0.3 is 5.97 Å². The molecule has 3 rings (SSSR count). The van der Waals surface area contributed by atoms with Gasteiger partial charge in [0, 0.05) is 12.5 Å². The largest absolute Gasteiger partial charge is 0.426 e. The molecule has 0 heterocycles. The quantitative estimate of drug-likeness (QED) is 0.216. The fourth-order valence-corrected chi connectivity index (χ4v) is 5.33. The molecule has 2 fully saturated rings. The highest BCUT2D eigenvalue weighted by Gasteiger charge is 2.26. The lowest BCUT2D eigenvalue weighted by molar-refractivity contribution is -0.134. The van der Waals surface area contributed by atoms with Crippen LogP contribution >= 0.6 is 0 Å². The van der Waals surface area contributed by atoms with E-state index in [1.807, 2.05) is 0 Å². The zero-order valence-corrected chi connectivity index (χ0v) is 18.8. The van der Waals surface area contributed by atoms with E-state index in [2.05, 4.69) is 12.7 Å². The van der Waals surface area contributed by atoms with Crippen molar-refractivity contribution in [2.45, 2.75) is 83.0 Å². The molecule has 2 aliphatic carbocycles. The first-order chi connectivity index (χ1) is 15.4. The maximum absolute atomic E-state index is 14.7. The van der Waals surface area contributed by atoms with E-state index in [4.69, 9.17) is 4.74 Å². The Morgan fingerprint density at radius 1 is 1.00 bits per heavy atom. The van der Waals surface area contributed by atoms with Crippen LogP contribution in [0.2, 0.25) is 0 Å². The smallest absolute Gasteiger partial charge is 0.311 e. The summed E-state index contributed by atoms with van der Waals surface area (Å²) in [5, 5.41) is 0. The molecule has 1 aromatic carbocycles. The first kappa shape index (κ1) is 24.6. The lowest BCUT2D eigenvalue weighted by Crippen LogP contribution is -2.17. The van der Waals surface area contributed by atoms with Gasteiger partial charge in [-0.15, -0.1) is 6.58 Å². The summed E-state index contributed by atoms with van der Waals surface area (Å²) in [7, 11) is 0. The molecule has 0 saturated heterocycles. The van der Waals surface area contributed by atoms with Crippen molar-refractivity contribution in [2.75, 3.05) is 0 Å². The number of allylic oxidation sites excluding steroid dienone is 2. The van der Waals surface area contributed by atoms with Crippen LogP contribution in [0.5, 0.6) is 5.75 Å². The normalized spacial score (nSPS) is 25.7. The zero-order chi connectivity index (χ0) is 22.9. The summed E-state index contributed by atoms with van der Waals surface area (Å²) in [5.41, 5.74) is 0.688. The summed E-state index contributed by atoms with van der Waals surface area (Å²) in [4.78, 5) is 11.7. The monoisotopic (exact) mass is 448 g/mol. The van der Waals surface area contributed by atoms with Gasteiger partial charge in [-0.25, -0.2) is 4.39 Å². The molecule has 32 heavy (non-hydrogen) atoms. The molecule has 2 saturated carbocycles. The van der Waals surface area contributed by atoms with E-state index >= 15 is 0 Å². The predicted molar refractivity (Wildman–Crippen MR) is 121 cm³/mol. The minimum absolute atomic E-state index is 0.0962. The average Bonchev–Trinajstić information content (AvgIpc) is 2.78. The van der Waals surface area contributed by atoms with E-state index in [1.54, 1.807) is 12.1 Å². The van der Waals surface area contributed by atoms with Gasteiger partial charge in [0.1, 0.15) is 11.6 Å². The Kier molecular flexibility index (Phi) is 9.43. The van der Waals surface area contributed by atoms with Gasteiger partial charge in [0.05, 0.1) is 0 Å². The molecule has 0 radical (unpaired) electrons. The van der Waals surface area contributed by atoms with Crippen molar-refractivity contribution in [2.24, 2.45) is 17.8 Å². The summed E-state index contributed by atoms with van der Waals surface area (Å²) in [6, 6.07) is 4.56. The maximum atomic E-state index is 14.7. The fraction of sp³-hybridized carbons (Fsp3) is 0.593. The van der Waals surface area contributed by atoms with Crippen molar-refractivity contribution in [3.05, 3.63) is 54.4 Å². The van der Waals surface area contributed by atoms with Crippen LogP contribution in [-0.4, -0.2) is 5.97 Å². The van der Waals surface area contributed by atoms with Gasteiger partial charge in [-0.2, -0.15) is 8.78 Å². The number of ether oxygens (including phenoxy) is 1. The van der Waals surface area contributed by atoms with Gasteiger partial charge in [-0.1, -0.05) is 25.0 Å². The number of benzene rings is 1. The van der Waals surface area contributed by atoms with E-state index in [9.17, 15) is 18.0 Å². The van der Waals surface area contributed by atoms with Gasteiger partial charge in [0.15, 0.2) is 0 Å². The number of esters is 1.